The van der Waals surface area contributed by atoms with Crippen LogP contribution in [0, 0.1) is 5.92 Å². The van der Waals surface area contributed by atoms with Crippen LogP contribution >= 0.6 is 0 Å². The van der Waals surface area contributed by atoms with Gasteiger partial charge in [0.2, 0.25) is 5.91 Å². The summed E-state index contributed by atoms with van der Waals surface area (Å²) in [5.74, 6) is 0.948. The lowest BCUT2D eigenvalue weighted by Gasteiger charge is -2.34. The number of ether oxygens (including phenoxy) is 1. The van der Waals surface area contributed by atoms with E-state index in [9.17, 15) is 9.59 Å². The molecule has 1 aromatic carbocycles. The molecule has 0 spiro atoms. The minimum absolute atomic E-state index is 0.0160. The molecule has 0 radical (unpaired) electrons. The molecule has 0 saturated carbocycles. The molecule has 2 N–H and O–H groups in total. The number of anilines is 2. The maximum Gasteiger partial charge on any atom is 0.253 e. The van der Waals surface area contributed by atoms with Crippen molar-refractivity contribution < 1.29 is 14.3 Å². The number of benzene rings is 1. The first-order chi connectivity index (χ1) is 15.2. The number of hydrogen-bond donors (Lipinski definition) is 2. The number of fused-ring (bicyclic) bond motifs is 2. The van der Waals surface area contributed by atoms with Gasteiger partial charge in [0.05, 0.1) is 17.8 Å². The number of amides is 2. The predicted octanol–water partition coefficient (Wildman–Crippen LogP) is 2.55. The van der Waals surface area contributed by atoms with E-state index in [2.05, 4.69) is 33.8 Å². The van der Waals surface area contributed by atoms with Crippen LogP contribution in [-0.4, -0.2) is 49.1 Å². The van der Waals surface area contributed by atoms with Crippen LogP contribution in [0.25, 0.3) is 0 Å². The fourth-order valence-electron chi connectivity index (χ4n) is 4.79. The van der Waals surface area contributed by atoms with Crippen molar-refractivity contribution in [3.8, 4) is 0 Å². The highest BCUT2D eigenvalue weighted by Crippen LogP contribution is 2.31. The standard InChI is InChI=1S/C24H28N4O3/c29-22-14-26-23-21(28(22)15-16-7-9-31-10-8-16)12-19(13-25-23)24(30)27-20-6-5-17-3-1-2-4-18(17)11-20/h1-4,12-13,16,20H,5-11,14-15H2,(H,25,26)(H,27,30). The minimum atomic E-state index is -0.135. The zero-order valence-corrected chi connectivity index (χ0v) is 17.6. The smallest absolute Gasteiger partial charge is 0.253 e. The number of aromatic nitrogens is 1. The second-order valence-corrected chi connectivity index (χ2v) is 8.69. The second kappa shape index (κ2) is 8.67. The Bertz CT molecular complexity index is 987. The molecule has 5 rings (SSSR count). The summed E-state index contributed by atoms with van der Waals surface area (Å²) in [4.78, 5) is 31.9. The Hall–Kier alpha value is -2.93. The Morgan fingerprint density at radius 1 is 1.19 bits per heavy atom. The molecule has 7 nitrogen and oxygen atoms in total. The summed E-state index contributed by atoms with van der Waals surface area (Å²) in [6.45, 7) is 2.35. The first-order valence-corrected chi connectivity index (χ1v) is 11.2. The number of carbonyl (C=O) groups is 2. The average Bonchev–Trinajstić information content (AvgIpc) is 2.81. The number of carbonyl (C=O) groups excluding carboxylic acids is 2. The van der Waals surface area contributed by atoms with Crippen LogP contribution < -0.4 is 15.5 Å². The summed E-state index contributed by atoms with van der Waals surface area (Å²) >= 11 is 0. The Kier molecular flexibility index (Phi) is 5.59. The SMILES string of the molecule is O=C(NC1CCc2ccccc2C1)c1cnc2c(c1)N(CC1CCOCC1)C(=O)CN2. The fourth-order valence-corrected chi connectivity index (χ4v) is 4.79. The van der Waals surface area contributed by atoms with Gasteiger partial charge in [0.25, 0.3) is 5.91 Å². The normalized spacial score (nSPS) is 21.1. The Morgan fingerprint density at radius 2 is 2.00 bits per heavy atom. The summed E-state index contributed by atoms with van der Waals surface area (Å²) in [5.41, 5.74) is 3.87. The lowest BCUT2D eigenvalue weighted by atomic mass is 9.88. The molecule has 3 aliphatic rings. The van der Waals surface area contributed by atoms with Gasteiger partial charge in [0.1, 0.15) is 5.82 Å². The highest BCUT2D eigenvalue weighted by atomic mass is 16.5. The zero-order valence-electron chi connectivity index (χ0n) is 17.6. The van der Waals surface area contributed by atoms with Gasteiger partial charge in [-0.2, -0.15) is 0 Å². The third kappa shape index (κ3) is 4.28. The second-order valence-electron chi connectivity index (χ2n) is 8.69. The molecule has 7 heteroatoms. The van der Waals surface area contributed by atoms with Gasteiger partial charge in [-0.25, -0.2) is 4.98 Å². The van der Waals surface area contributed by atoms with Gasteiger partial charge in [-0.15, -0.1) is 0 Å². The summed E-state index contributed by atoms with van der Waals surface area (Å²) in [7, 11) is 0. The molecule has 2 amide bonds. The number of aryl methyl sites for hydroxylation is 1. The number of nitrogens with zero attached hydrogens (tertiary/aromatic N) is 2. The lowest BCUT2D eigenvalue weighted by molar-refractivity contribution is -0.117. The third-order valence-electron chi connectivity index (χ3n) is 6.59. The van der Waals surface area contributed by atoms with Crippen molar-refractivity contribution in [3.63, 3.8) is 0 Å². The zero-order chi connectivity index (χ0) is 21.2. The fraction of sp³-hybridized carbons (Fsp3) is 0.458. The van der Waals surface area contributed by atoms with Crippen LogP contribution in [0.1, 0.15) is 40.7 Å². The van der Waals surface area contributed by atoms with Crippen LogP contribution in [0.3, 0.4) is 0 Å². The van der Waals surface area contributed by atoms with Gasteiger partial charge < -0.3 is 20.3 Å². The van der Waals surface area contributed by atoms with Crippen LogP contribution in [0.4, 0.5) is 11.5 Å². The van der Waals surface area contributed by atoms with E-state index in [-0.39, 0.29) is 24.4 Å². The highest BCUT2D eigenvalue weighted by molar-refractivity contribution is 6.04. The summed E-state index contributed by atoms with van der Waals surface area (Å²) < 4.78 is 5.45. The van der Waals surface area contributed by atoms with Crippen molar-refractivity contribution in [2.24, 2.45) is 5.92 Å². The average molecular weight is 421 g/mol. The highest BCUT2D eigenvalue weighted by Gasteiger charge is 2.29. The van der Waals surface area contributed by atoms with Crippen molar-refractivity contribution in [3.05, 3.63) is 53.2 Å². The summed E-state index contributed by atoms with van der Waals surface area (Å²) in [6, 6.07) is 10.3. The molecule has 2 aliphatic heterocycles. The number of hydrogen-bond acceptors (Lipinski definition) is 5. The molecule has 1 atom stereocenters. The first kappa shape index (κ1) is 20.0. The van der Waals surface area contributed by atoms with Gasteiger partial charge in [-0.3, -0.25) is 9.59 Å². The molecule has 1 aromatic heterocycles. The van der Waals surface area contributed by atoms with Crippen molar-refractivity contribution in [1.29, 1.82) is 0 Å². The van der Waals surface area contributed by atoms with Gasteiger partial charge in [0.15, 0.2) is 0 Å². The molecular formula is C24H28N4O3. The molecule has 2 aromatic rings. The summed E-state index contributed by atoms with van der Waals surface area (Å²) in [6.07, 6.45) is 6.24. The Labute approximate surface area is 182 Å². The van der Waals surface area contributed by atoms with E-state index in [0.717, 1.165) is 45.3 Å². The topological polar surface area (TPSA) is 83.6 Å². The summed E-state index contributed by atoms with van der Waals surface area (Å²) in [5, 5.41) is 6.25. The van der Waals surface area contributed by atoms with E-state index in [4.69, 9.17) is 4.74 Å². The van der Waals surface area contributed by atoms with Crippen LogP contribution in [0.15, 0.2) is 36.5 Å². The van der Waals surface area contributed by atoms with Crippen molar-refractivity contribution in [1.82, 2.24) is 10.3 Å². The van der Waals surface area contributed by atoms with Crippen molar-refractivity contribution in [2.45, 2.75) is 38.1 Å². The van der Waals surface area contributed by atoms with E-state index >= 15 is 0 Å². The quantitative estimate of drug-likeness (QED) is 0.794. The van der Waals surface area contributed by atoms with Crippen LogP contribution in [-0.2, 0) is 22.4 Å². The molecule has 31 heavy (non-hydrogen) atoms. The van der Waals surface area contributed by atoms with Crippen molar-refractivity contribution >= 4 is 23.3 Å². The Morgan fingerprint density at radius 3 is 2.84 bits per heavy atom. The van der Waals surface area contributed by atoms with Gasteiger partial charge >= 0.3 is 0 Å². The monoisotopic (exact) mass is 420 g/mol. The largest absolute Gasteiger partial charge is 0.381 e. The number of pyridine rings is 1. The number of rotatable bonds is 4. The molecule has 1 aliphatic carbocycles. The molecule has 1 saturated heterocycles. The Balaban J connectivity index is 1.31. The van der Waals surface area contributed by atoms with E-state index in [0.29, 0.717) is 29.5 Å². The lowest BCUT2D eigenvalue weighted by Crippen LogP contribution is -2.44. The maximum absolute atomic E-state index is 13.0. The van der Waals surface area contributed by atoms with Crippen molar-refractivity contribution in [2.75, 3.05) is 36.5 Å². The first-order valence-electron chi connectivity index (χ1n) is 11.2. The van der Waals surface area contributed by atoms with Gasteiger partial charge in [-0.05, 0) is 55.2 Å². The molecular weight excluding hydrogens is 392 g/mol. The van der Waals surface area contributed by atoms with E-state index < -0.39 is 0 Å². The molecule has 162 valence electrons. The van der Waals surface area contributed by atoms with Gasteiger partial charge in [-0.1, -0.05) is 24.3 Å². The van der Waals surface area contributed by atoms with E-state index in [1.807, 2.05) is 6.07 Å². The third-order valence-corrected chi connectivity index (χ3v) is 6.59. The number of nitrogens with one attached hydrogen (secondary N) is 2. The van der Waals surface area contributed by atoms with Crippen LogP contribution in [0.5, 0.6) is 0 Å². The molecule has 3 heterocycles. The van der Waals surface area contributed by atoms with Gasteiger partial charge in [0, 0.05) is 32.0 Å². The molecule has 1 unspecified atom stereocenters. The predicted molar refractivity (Wildman–Crippen MR) is 118 cm³/mol. The molecule has 1 fully saturated rings. The minimum Gasteiger partial charge on any atom is -0.381 e. The van der Waals surface area contributed by atoms with E-state index in [1.54, 1.807) is 17.2 Å². The maximum atomic E-state index is 13.0. The van der Waals surface area contributed by atoms with E-state index in [1.165, 1.54) is 11.1 Å². The molecule has 0 bridgehead atoms. The van der Waals surface area contributed by atoms with Crippen LogP contribution in [0.2, 0.25) is 0 Å².